The van der Waals surface area contributed by atoms with Crippen molar-refractivity contribution in [3.8, 4) is 11.5 Å². The molecule has 3 rings (SSSR count). The lowest BCUT2D eigenvalue weighted by Gasteiger charge is -2.02. The SMILES string of the molecule is Cc1ccc(NC(=O)c2coc(-c3ccc(Cl)c(Cl)c3)n2)cc1. The van der Waals surface area contributed by atoms with Crippen LogP contribution in [0.15, 0.2) is 53.1 Å². The van der Waals surface area contributed by atoms with Gasteiger partial charge < -0.3 is 9.73 Å². The number of amides is 1. The van der Waals surface area contributed by atoms with Gasteiger partial charge in [0.2, 0.25) is 5.89 Å². The van der Waals surface area contributed by atoms with Gasteiger partial charge in [0.05, 0.1) is 10.0 Å². The Morgan fingerprint density at radius 3 is 2.52 bits per heavy atom. The second-order valence-corrected chi connectivity index (χ2v) is 5.80. The van der Waals surface area contributed by atoms with E-state index < -0.39 is 0 Å². The second-order valence-electron chi connectivity index (χ2n) is 4.99. The summed E-state index contributed by atoms with van der Waals surface area (Å²) in [7, 11) is 0. The van der Waals surface area contributed by atoms with Crippen LogP contribution < -0.4 is 5.32 Å². The van der Waals surface area contributed by atoms with Crippen molar-refractivity contribution in [2.24, 2.45) is 0 Å². The van der Waals surface area contributed by atoms with Crippen molar-refractivity contribution in [1.82, 2.24) is 4.98 Å². The number of aromatic nitrogens is 1. The number of aryl methyl sites for hydroxylation is 1. The minimum Gasteiger partial charge on any atom is -0.444 e. The minimum atomic E-state index is -0.344. The fraction of sp³-hybridized carbons (Fsp3) is 0.0588. The zero-order chi connectivity index (χ0) is 16.4. The smallest absolute Gasteiger partial charge is 0.277 e. The van der Waals surface area contributed by atoms with E-state index in [1.165, 1.54) is 6.26 Å². The molecule has 0 atom stereocenters. The molecule has 116 valence electrons. The average molecular weight is 347 g/mol. The van der Waals surface area contributed by atoms with Crippen molar-refractivity contribution < 1.29 is 9.21 Å². The standard InChI is InChI=1S/C17H12Cl2N2O2/c1-10-2-5-12(6-3-10)20-16(22)15-9-23-17(21-15)11-4-7-13(18)14(19)8-11/h2-9H,1H3,(H,20,22). The summed E-state index contributed by atoms with van der Waals surface area (Å²) in [6, 6.07) is 12.5. The van der Waals surface area contributed by atoms with Crippen LogP contribution in [0.3, 0.4) is 0 Å². The fourth-order valence-electron chi connectivity index (χ4n) is 1.97. The van der Waals surface area contributed by atoms with Gasteiger partial charge in [-0.3, -0.25) is 4.79 Å². The zero-order valence-corrected chi connectivity index (χ0v) is 13.7. The number of oxazole rings is 1. The normalized spacial score (nSPS) is 10.6. The van der Waals surface area contributed by atoms with E-state index in [-0.39, 0.29) is 11.6 Å². The molecule has 0 bridgehead atoms. The van der Waals surface area contributed by atoms with E-state index in [4.69, 9.17) is 27.6 Å². The maximum Gasteiger partial charge on any atom is 0.277 e. The number of hydrogen-bond acceptors (Lipinski definition) is 3. The molecular weight excluding hydrogens is 335 g/mol. The molecule has 4 nitrogen and oxygen atoms in total. The lowest BCUT2D eigenvalue weighted by Crippen LogP contribution is -2.12. The number of anilines is 1. The van der Waals surface area contributed by atoms with Crippen LogP contribution in [0.2, 0.25) is 10.0 Å². The first-order valence-electron chi connectivity index (χ1n) is 6.82. The van der Waals surface area contributed by atoms with Crippen molar-refractivity contribution in [2.45, 2.75) is 6.92 Å². The van der Waals surface area contributed by atoms with Gasteiger partial charge >= 0.3 is 0 Å². The molecular formula is C17H12Cl2N2O2. The number of benzene rings is 2. The molecule has 0 saturated heterocycles. The Kier molecular flexibility index (Phi) is 4.37. The van der Waals surface area contributed by atoms with Crippen LogP contribution in [-0.2, 0) is 0 Å². The molecule has 0 aliphatic rings. The summed E-state index contributed by atoms with van der Waals surface area (Å²) in [5.41, 5.74) is 2.64. The van der Waals surface area contributed by atoms with Crippen molar-refractivity contribution >= 4 is 34.8 Å². The zero-order valence-electron chi connectivity index (χ0n) is 12.1. The highest BCUT2D eigenvalue weighted by Gasteiger charge is 2.14. The maximum absolute atomic E-state index is 12.2. The molecule has 1 N–H and O–H groups in total. The van der Waals surface area contributed by atoms with Gasteiger partial charge in [-0.15, -0.1) is 0 Å². The van der Waals surface area contributed by atoms with Gasteiger partial charge in [0.1, 0.15) is 6.26 Å². The summed E-state index contributed by atoms with van der Waals surface area (Å²) < 4.78 is 5.35. The Balaban J connectivity index is 1.79. The van der Waals surface area contributed by atoms with Crippen molar-refractivity contribution in [3.63, 3.8) is 0 Å². The van der Waals surface area contributed by atoms with Crippen LogP contribution in [0, 0.1) is 6.92 Å². The predicted octanol–water partition coefficient (Wildman–Crippen LogP) is 5.21. The summed E-state index contributed by atoms with van der Waals surface area (Å²) in [5, 5.41) is 3.60. The first-order valence-corrected chi connectivity index (χ1v) is 7.57. The van der Waals surface area contributed by atoms with E-state index in [1.807, 2.05) is 31.2 Å². The van der Waals surface area contributed by atoms with Crippen molar-refractivity contribution in [1.29, 1.82) is 0 Å². The summed E-state index contributed by atoms with van der Waals surface area (Å²) in [6.45, 7) is 1.98. The van der Waals surface area contributed by atoms with Gasteiger partial charge in [0.25, 0.3) is 5.91 Å². The molecule has 6 heteroatoms. The highest BCUT2D eigenvalue weighted by Crippen LogP contribution is 2.28. The third kappa shape index (κ3) is 3.55. The molecule has 0 fully saturated rings. The first-order chi connectivity index (χ1) is 11.0. The van der Waals surface area contributed by atoms with Gasteiger partial charge in [-0.05, 0) is 37.3 Å². The largest absolute Gasteiger partial charge is 0.444 e. The Morgan fingerprint density at radius 2 is 1.83 bits per heavy atom. The van der Waals surface area contributed by atoms with Crippen LogP contribution in [0.5, 0.6) is 0 Å². The monoisotopic (exact) mass is 346 g/mol. The van der Waals surface area contributed by atoms with Crippen molar-refractivity contribution in [3.05, 3.63) is 70.0 Å². The molecule has 23 heavy (non-hydrogen) atoms. The number of carbonyl (C=O) groups excluding carboxylic acids is 1. The molecule has 1 amide bonds. The van der Waals surface area contributed by atoms with Gasteiger partial charge in [0, 0.05) is 11.3 Å². The Bertz CT molecular complexity index is 857. The van der Waals surface area contributed by atoms with Gasteiger partial charge in [0.15, 0.2) is 5.69 Å². The molecule has 0 aliphatic carbocycles. The second kappa shape index (κ2) is 6.44. The number of carbonyl (C=O) groups is 1. The number of nitrogens with one attached hydrogen (secondary N) is 1. The Morgan fingerprint density at radius 1 is 1.09 bits per heavy atom. The minimum absolute atomic E-state index is 0.187. The maximum atomic E-state index is 12.2. The lowest BCUT2D eigenvalue weighted by atomic mass is 10.2. The van der Waals surface area contributed by atoms with Crippen LogP contribution >= 0.6 is 23.2 Å². The third-order valence-corrected chi connectivity index (χ3v) is 3.95. The average Bonchev–Trinajstić information content (AvgIpc) is 3.02. The Labute approximate surface area is 143 Å². The number of hydrogen-bond donors (Lipinski definition) is 1. The van der Waals surface area contributed by atoms with E-state index in [1.54, 1.807) is 18.2 Å². The summed E-state index contributed by atoms with van der Waals surface area (Å²) in [6.07, 6.45) is 1.31. The highest BCUT2D eigenvalue weighted by molar-refractivity contribution is 6.42. The van der Waals surface area contributed by atoms with Gasteiger partial charge in [-0.2, -0.15) is 0 Å². The molecule has 1 aromatic heterocycles. The molecule has 0 radical (unpaired) electrons. The van der Waals surface area contributed by atoms with E-state index in [0.717, 1.165) is 5.56 Å². The topological polar surface area (TPSA) is 55.1 Å². The molecule has 3 aromatic rings. The summed E-state index contributed by atoms with van der Waals surface area (Å²) in [5.74, 6) is -0.0402. The van der Waals surface area contributed by atoms with Crippen LogP contribution in [0.1, 0.15) is 16.1 Å². The van der Waals surface area contributed by atoms with E-state index in [2.05, 4.69) is 10.3 Å². The molecule has 1 heterocycles. The summed E-state index contributed by atoms with van der Waals surface area (Å²) in [4.78, 5) is 16.4. The van der Waals surface area contributed by atoms with E-state index >= 15 is 0 Å². The first kappa shape index (κ1) is 15.6. The van der Waals surface area contributed by atoms with E-state index in [9.17, 15) is 4.79 Å². The number of rotatable bonds is 3. The third-order valence-electron chi connectivity index (χ3n) is 3.21. The summed E-state index contributed by atoms with van der Waals surface area (Å²) >= 11 is 11.9. The molecule has 0 aliphatic heterocycles. The number of nitrogens with zero attached hydrogens (tertiary/aromatic N) is 1. The highest BCUT2D eigenvalue weighted by atomic mass is 35.5. The van der Waals surface area contributed by atoms with Gasteiger partial charge in [-0.1, -0.05) is 40.9 Å². The van der Waals surface area contributed by atoms with Crippen LogP contribution in [0.25, 0.3) is 11.5 Å². The van der Waals surface area contributed by atoms with E-state index in [0.29, 0.717) is 27.2 Å². The number of halogens is 2. The molecule has 0 unspecified atom stereocenters. The van der Waals surface area contributed by atoms with Crippen LogP contribution in [0.4, 0.5) is 5.69 Å². The quantitative estimate of drug-likeness (QED) is 0.708. The van der Waals surface area contributed by atoms with Crippen molar-refractivity contribution in [2.75, 3.05) is 5.32 Å². The lowest BCUT2D eigenvalue weighted by molar-refractivity contribution is 0.102. The molecule has 0 spiro atoms. The molecule has 2 aromatic carbocycles. The van der Waals surface area contributed by atoms with Gasteiger partial charge in [-0.25, -0.2) is 4.98 Å². The molecule has 0 saturated carbocycles. The predicted molar refractivity (Wildman–Crippen MR) is 91.1 cm³/mol. The van der Waals surface area contributed by atoms with Crippen LogP contribution in [-0.4, -0.2) is 10.9 Å². The Hall–Kier alpha value is -2.30. The fourth-order valence-corrected chi connectivity index (χ4v) is 2.27.